The summed E-state index contributed by atoms with van der Waals surface area (Å²) >= 11 is 3.25. The third-order valence-electron chi connectivity index (χ3n) is 2.67. The standard InChI is InChI=1S/C10H13BrO2/c11-9-4-3-8(13-9)7-10(12)5-1-2-6-10/h3-4,12H,1-2,5-7H2. The summed E-state index contributed by atoms with van der Waals surface area (Å²) in [5.41, 5.74) is -0.503. The molecule has 0 radical (unpaired) electrons. The van der Waals surface area contributed by atoms with Gasteiger partial charge in [0.2, 0.25) is 0 Å². The van der Waals surface area contributed by atoms with Gasteiger partial charge in [-0.2, -0.15) is 0 Å². The average molecular weight is 245 g/mol. The monoisotopic (exact) mass is 244 g/mol. The number of aliphatic hydroxyl groups is 1. The van der Waals surface area contributed by atoms with Gasteiger partial charge in [-0.25, -0.2) is 0 Å². The Morgan fingerprint density at radius 3 is 2.62 bits per heavy atom. The minimum absolute atomic E-state index is 0.503. The van der Waals surface area contributed by atoms with Gasteiger partial charge in [0.05, 0.1) is 5.60 Å². The SMILES string of the molecule is OC1(Cc2ccc(Br)o2)CCCC1. The zero-order chi connectivity index (χ0) is 9.31. The second-order valence-electron chi connectivity index (χ2n) is 3.81. The van der Waals surface area contributed by atoms with E-state index in [9.17, 15) is 5.11 Å². The molecule has 2 rings (SSSR count). The summed E-state index contributed by atoms with van der Waals surface area (Å²) in [4.78, 5) is 0. The Hall–Kier alpha value is -0.280. The van der Waals surface area contributed by atoms with Crippen molar-refractivity contribution < 1.29 is 9.52 Å². The van der Waals surface area contributed by atoms with Crippen molar-refractivity contribution in [2.75, 3.05) is 0 Å². The molecule has 1 aliphatic rings. The zero-order valence-electron chi connectivity index (χ0n) is 7.42. The maximum Gasteiger partial charge on any atom is 0.169 e. The highest BCUT2D eigenvalue weighted by molar-refractivity contribution is 9.10. The molecule has 0 spiro atoms. The molecule has 1 aromatic heterocycles. The minimum atomic E-state index is -0.503. The van der Waals surface area contributed by atoms with Gasteiger partial charge in [-0.3, -0.25) is 0 Å². The van der Waals surface area contributed by atoms with Crippen molar-refractivity contribution >= 4 is 15.9 Å². The second-order valence-corrected chi connectivity index (χ2v) is 4.60. The molecule has 0 saturated heterocycles. The van der Waals surface area contributed by atoms with Crippen LogP contribution in [0.2, 0.25) is 0 Å². The van der Waals surface area contributed by atoms with Gasteiger partial charge in [-0.1, -0.05) is 12.8 Å². The van der Waals surface area contributed by atoms with Crippen molar-refractivity contribution in [1.82, 2.24) is 0 Å². The van der Waals surface area contributed by atoms with E-state index in [0.717, 1.165) is 36.1 Å². The highest BCUT2D eigenvalue weighted by Gasteiger charge is 2.32. The van der Waals surface area contributed by atoms with Crippen LogP contribution in [-0.4, -0.2) is 10.7 Å². The van der Waals surface area contributed by atoms with Crippen LogP contribution in [-0.2, 0) is 6.42 Å². The van der Waals surface area contributed by atoms with E-state index in [1.807, 2.05) is 12.1 Å². The van der Waals surface area contributed by atoms with Gasteiger partial charge in [-0.05, 0) is 40.9 Å². The van der Waals surface area contributed by atoms with Crippen molar-refractivity contribution in [3.63, 3.8) is 0 Å². The highest BCUT2D eigenvalue weighted by atomic mass is 79.9. The van der Waals surface area contributed by atoms with Gasteiger partial charge in [-0.15, -0.1) is 0 Å². The number of halogens is 1. The third-order valence-corrected chi connectivity index (χ3v) is 3.09. The summed E-state index contributed by atoms with van der Waals surface area (Å²) in [7, 11) is 0. The van der Waals surface area contributed by atoms with Crippen LogP contribution >= 0.6 is 15.9 Å². The first-order valence-corrected chi connectivity index (χ1v) is 5.44. The summed E-state index contributed by atoms with van der Waals surface area (Å²) in [5, 5.41) is 10.1. The minimum Gasteiger partial charge on any atom is -0.454 e. The van der Waals surface area contributed by atoms with Crippen LogP contribution < -0.4 is 0 Å². The maximum absolute atomic E-state index is 10.1. The molecule has 1 aliphatic carbocycles. The fourth-order valence-corrected chi connectivity index (χ4v) is 2.32. The first-order valence-electron chi connectivity index (χ1n) is 4.65. The molecule has 3 heteroatoms. The van der Waals surface area contributed by atoms with Gasteiger partial charge < -0.3 is 9.52 Å². The van der Waals surface area contributed by atoms with Crippen LogP contribution in [0.5, 0.6) is 0 Å². The quantitative estimate of drug-likeness (QED) is 0.869. The van der Waals surface area contributed by atoms with Gasteiger partial charge in [0.15, 0.2) is 4.67 Å². The molecule has 72 valence electrons. The summed E-state index contributed by atoms with van der Waals surface area (Å²) in [6.45, 7) is 0. The molecule has 1 heterocycles. The first kappa shape index (κ1) is 9.28. The molecule has 13 heavy (non-hydrogen) atoms. The Bertz CT molecular complexity index is 287. The van der Waals surface area contributed by atoms with Crippen molar-refractivity contribution in [3.05, 3.63) is 22.6 Å². The van der Waals surface area contributed by atoms with Crippen molar-refractivity contribution in [1.29, 1.82) is 0 Å². The largest absolute Gasteiger partial charge is 0.454 e. The molecular weight excluding hydrogens is 232 g/mol. The lowest BCUT2D eigenvalue weighted by atomic mass is 9.97. The highest BCUT2D eigenvalue weighted by Crippen LogP contribution is 2.33. The summed E-state index contributed by atoms with van der Waals surface area (Å²) in [6, 6.07) is 3.79. The van der Waals surface area contributed by atoms with E-state index in [1.165, 1.54) is 0 Å². The lowest BCUT2D eigenvalue weighted by molar-refractivity contribution is 0.0429. The molecule has 0 aromatic carbocycles. The van der Waals surface area contributed by atoms with E-state index in [0.29, 0.717) is 6.42 Å². The lowest BCUT2D eigenvalue weighted by Crippen LogP contribution is -2.26. The van der Waals surface area contributed by atoms with Crippen LogP contribution in [0.3, 0.4) is 0 Å². The number of furan rings is 1. The van der Waals surface area contributed by atoms with Crippen LogP contribution in [0.25, 0.3) is 0 Å². The van der Waals surface area contributed by atoms with Crippen LogP contribution in [0.15, 0.2) is 21.2 Å². The smallest absolute Gasteiger partial charge is 0.169 e. The van der Waals surface area contributed by atoms with Crippen molar-refractivity contribution in [2.24, 2.45) is 0 Å². The molecule has 1 N–H and O–H groups in total. The fourth-order valence-electron chi connectivity index (χ4n) is 1.98. The second kappa shape index (κ2) is 3.46. The normalized spacial score (nSPS) is 20.8. The van der Waals surface area contributed by atoms with Crippen LogP contribution in [0, 0.1) is 0 Å². The summed E-state index contributed by atoms with van der Waals surface area (Å²) < 4.78 is 6.11. The molecule has 0 aliphatic heterocycles. The predicted molar refractivity (Wildman–Crippen MR) is 53.5 cm³/mol. The molecule has 0 atom stereocenters. The molecule has 1 aromatic rings. The Labute approximate surface area is 86.1 Å². The Kier molecular flexibility index (Phi) is 2.47. The number of hydrogen-bond acceptors (Lipinski definition) is 2. The van der Waals surface area contributed by atoms with E-state index in [1.54, 1.807) is 0 Å². The molecule has 0 unspecified atom stereocenters. The number of rotatable bonds is 2. The van der Waals surface area contributed by atoms with Gasteiger partial charge in [0.25, 0.3) is 0 Å². The van der Waals surface area contributed by atoms with Gasteiger partial charge >= 0.3 is 0 Å². The predicted octanol–water partition coefficient (Wildman–Crippen LogP) is 2.89. The Morgan fingerprint density at radius 2 is 2.08 bits per heavy atom. The molecule has 0 bridgehead atoms. The van der Waals surface area contributed by atoms with Gasteiger partial charge in [0.1, 0.15) is 5.76 Å². The zero-order valence-corrected chi connectivity index (χ0v) is 9.01. The molecule has 1 saturated carbocycles. The maximum atomic E-state index is 10.1. The van der Waals surface area contributed by atoms with E-state index >= 15 is 0 Å². The first-order chi connectivity index (χ1) is 6.18. The van der Waals surface area contributed by atoms with E-state index in [2.05, 4.69) is 15.9 Å². The van der Waals surface area contributed by atoms with Gasteiger partial charge in [0, 0.05) is 6.42 Å². The van der Waals surface area contributed by atoms with Crippen molar-refractivity contribution in [2.45, 2.75) is 37.7 Å². The fraction of sp³-hybridized carbons (Fsp3) is 0.600. The van der Waals surface area contributed by atoms with E-state index < -0.39 is 5.60 Å². The Morgan fingerprint density at radius 1 is 1.38 bits per heavy atom. The van der Waals surface area contributed by atoms with Crippen molar-refractivity contribution in [3.8, 4) is 0 Å². The molecular formula is C10H13BrO2. The molecule has 2 nitrogen and oxygen atoms in total. The van der Waals surface area contributed by atoms with E-state index in [4.69, 9.17) is 4.42 Å². The number of hydrogen-bond donors (Lipinski definition) is 1. The molecule has 0 amide bonds. The summed E-state index contributed by atoms with van der Waals surface area (Å²) in [6.07, 6.45) is 4.74. The third kappa shape index (κ3) is 2.15. The topological polar surface area (TPSA) is 33.4 Å². The van der Waals surface area contributed by atoms with Crippen LogP contribution in [0.1, 0.15) is 31.4 Å². The van der Waals surface area contributed by atoms with E-state index in [-0.39, 0.29) is 0 Å². The lowest BCUT2D eigenvalue weighted by Gasteiger charge is -2.20. The molecule has 1 fully saturated rings. The van der Waals surface area contributed by atoms with Crippen LogP contribution in [0.4, 0.5) is 0 Å². The average Bonchev–Trinajstić information content (AvgIpc) is 2.62. The summed E-state index contributed by atoms with van der Waals surface area (Å²) in [5.74, 6) is 0.872. The Balaban J connectivity index is 2.04.